The van der Waals surface area contributed by atoms with E-state index in [-0.39, 0.29) is 24.1 Å². The van der Waals surface area contributed by atoms with E-state index in [0.717, 1.165) is 63.9 Å². The molecule has 5 rings (SSSR count). The Labute approximate surface area is 263 Å². The number of ketones is 2. The smallest absolute Gasteiger partial charge is 0.262 e. The summed E-state index contributed by atoms with van der Waals surface area (Å²) in [7, 11) is 0. The first-order valence-electron chi connectivity index (χ1n) is 13.9. The molecule has 3 aliphatic rings. The van der Waals surface area contributed by atoms with Crippen molar-refractivity contribution in [2.45, 2.75) is 58.3 Å². The zero-order valence-corrected chi connectivity index (χ0v) is 26.6. The van der Waals surface area contributed by atoms with Crippen molar-refractivity contribution in [2.24, 2.45) is 0 Å². The highest BCUT2D eigenvalue weighted by atomic mass is 127. The fourth-order valence-corrected chi connectivity index (χ4v) is 7.08. The van der Waals surface area contributed by atoms with Gasteiger partial charge in [-0.05, 0) is 98.0 Å². The van der Waals surface area contributed by atoms with Crippen molar-refractivity contribution in [3.8, 4) is 11.5 Å². The molecule has 41 heavy (non-hydrogen) atoms. The van der Waals surface area contributed by atoms with Crippen molar-refractivity contribution in [2.75, 3.05) is 25.1 Å². The van der Waals surface area contributed by atoms with E-state index >= 15 is 0 Å². The van der Waals surface area contributed by atoms with Crippen LogP contribution in [0, 0.1) is 3.57 Å². The van der Waals surface area contributed by atoms with E-state index in [0.29, 0.717) is 46.7 Å². The zero-order chi connectivity index (χ0) is 29.3. The SMILES string of the molecule is CCOc1cc(C2C3=C(CCCC3=O)N(CC)C3=C2C(=O)CCC3)cc(I)c1OCC(=O)Nc1ccc(Cl)c(Cl)c1. The summed E-state index contributed by atoms with van der Waals surface area (Å²) in [5.74, 6) is 0.287. The Morgan fingerprint density at radius 3 is 2.20 bits per heavy atom. The largest absolute Gasteiger partial charge is 0.490 e. The lowest BCUT2D eigenvalue weighted by molar-refractivity contribution is -0.118. The van der Waals surface area contributed by atoms with Crippen molar-refractivity contribution in [3.05, 3.63) is 72.1 Å². The second-order valence-electron chi connectivity index (χ2n) is 10.2. The number of ether oxygens (including phenoxy) is 2. The number of nitrogens with zero attached hydrogens (tertiary/aromatic N) is 1. The van der Waals surface area contributed by atoms with Crippen molar-refractivity contribution in [1.82, 2.24) is 4.90 Å². The summed E-state index contributed by atoms with van der Waals surface area (Å²) in [5, 5.41) is 3.49. The summed E-state index contributed by atoms with van der Waals surface area (Å²) < 4.78 is 12.7. The number of halogens is 3. The third kappa shape index (κ3) is 6.01. The quantitative estimate of drug-likeness (QED) is 0.287. The van der Waals surface area contributed by atoms with Gasteiger partial charge in [-0.25, -0.2) is 0 Å². The molecule has 216 valence electrons. The minimum atomic E-state index is -0.442. The molecule has 2 aliphatic carbocycles. The van der Waals surface area contributed by atoms with Gasteiger partial charge in [0.05, 0.1) is 20.2 Å². The van der Waals surface area contributed by atoms with E-state index in [9.17, 15) is 14.4 Å². The van der Waals surface area contributed by atoms with Gasteiger partial charge in [-0.1, -0.05) is 23.2 Å². The van der Waals surface area contributed by atoms with Crippen molar-refractivity contribution in [1.29, 1.82) is 0 Å². The van der Waals surface area contributed by atoms with Gasteiger partial charge in [0.15, 0.2) is 29.7 Å². The lowest BCUT2D eigenvalue weighted by Crippen LogP contribution is -2.39. The molecule has 2 aromatic carbocycles. The molecule has 10 heteroatoms. The summed E-state index contributed by atoms with van der Waals surface area (Å²) in [4.78, 5) is 41.8. The van der Waals surface area contributed by atoms with E-state index < -0.39 is 5.92 Å². The van der Waals surface area contributed by atoms with E-state index in [4.69, 9.17) is 32.7 Å². The van der Waals surface area contributed by atoms with Crippen LogP contribution in [0.25, 0.3) is 0 Å². The van der Waals surface area contributed by atoms with E-state index in [1.54, 1.807) is 18.2 Å². The molecule has 0 bridgehead atoms. The molecule has 1 amide bonds. The van der Waals surface area contributed by atoms with Crippen LogP contribution in [0.1, 0.15) is 63.9 Å². The fraction of sp³-hybridized carbons (Fsp3) is 0.387. The van der Waals surface area contributed by atoms with E-state index in [1.165, 1.54) is 0 Å². The van der Waals surface area contributed by atoms with Crippen LogP contribution in [-0.4, -0.2) is 42.1 Å². The molecule has 0 radical (unpaired) electrons. The molecular weight excluding hydrogens is 678 g/mol. The zero-order valence-electron chi connectivity index (χ0n) is 23.0. The first-order valence-corrected chi connectivity index (χ1v) is 15.7. The number of carbonyl (C=O) groups is 3. The molecule has 0 unspecified atom stereocenters. The van der Waals surface area contributed by atoms with Gasteiger partial charge in [-0.2, -0.15) is 0 Å². The van der Waals surface area contributed by atoms with Gasteiger partial charge in [0, 0.05) is 53.5 Å². The Balaban J connectivity index is 1.49. The van der Waals surface area contributed by atoms with Gasteiger partial charge in [0.1, 0.15) is 0 Å². The maximum Gasteiger partial charge on any atom is 0.262 e. The molecule has 0 fully saturated rings. The van der Waals surface area contributed by atoms with Crippen LogP contribution in [-0.2, 0) is 14.4 Å². The Bertz CT molecular complexity index is 1440. The summed E-state index contributed by atoms with van der Waals surface area (Å²) in [5.41, 5.74) is 4.90. The first kappa shape index (κ1) is 29.9. The fourth-order valence-electron chi connectivity index (χ4n) is 6.00. The van der Waals surface area contributed by atoms with Gasteiger partial charge in [-0.3, -0.25) is 14.4 Å². The number of anilines is 1. The first-order chi connectivity index (χ1) is 19.7. The monoisotopic (exact) mass is 708 g/mol. The topological polar surface area (TPSA) is 84.9 Å². The molecule has 0 spiro atoms. The Hall–Kier alpha value is -2.56. The number of rotatable bonds is 8. The number of hydrogen-bond donors (Lipinski definition) is 1. The lowest BCUT2D eigenvalue weighted by atomic mass is 9.71. The third-order valence-corrected chi connectivity index (χ3v) is 9.16. The molecule has 0 atom stereocenters. The normalized spacial score (nSPS) is 17.4. The Kier molecular flexibility index (Phi) is 9.30. The lowest BCUT2D eigenvalue weighted by Gasteiger charge is -2.43. The van der Waals surface area contributed by atoms with Crippen LogP contribution < -0.4 is 14.8 Å². The highest BCUT2D eigenvalue weighted by Gasteiger charge is 2.43. The highest BCUT2D eigenvalue weighted by molar-refractivity contribution is 14.1. The average molecular weight is 709 g/mol. The molecule has 0 saturated heterocycles. The van der Waals surface area contributed by atoms with Gasteiger partial charge in [-0.15, -0.1) is 0 Å². The predicted octanol–water partition coefficient (Wildman–Crippen LogP) is 7.45. The van der Waals surface area contributed by atoms with Crippen molar-refractivity contribution in [3.63, 3.8) is 0 Å². The number of allylic oxidation sites excluding steroid dienone is 4. The maximum atomic E-state index is 13.4. The van der Waals surface area contributed by atoms with Gasteiger partial charge in [0.2, 0.25) is 0 Å². The van der Waals surface area contributed by atoms with Gasteiger partial charge in [0.25, 0.3) is 5.91 Å². The third-order valence-electron chi connectivity index (χ3n) is 7.62. The van der Waals surface area contributed by atoms with Crippen molar-refractivity contribution >= 4 is 69.0 Å². The molecule has 1 heterocycles. The standard InChI is InChI=1S/C31H31Cl2IN2O5/c1-3-36-22-7-5-9-24(37)29(22)28(30-23(36)8-6-10-25(30)38)17-13-21(34)31(26(14-17)40-4-2)41-16-27(39)35-18-11-12-19(32)20(33)15-18/h11-15,28H,3-10,16H2,1-2H3,(H,35,39). The molecule has 1 N–H and O–H groups in total. The van der Waals surface area contributed by atoms with Gasteiger partial charge < -0.3 is 19.7 Å². The maximum absolute atomic E-state index is 13.4. The van der Waals surface area contributed by atoms with E-state index in [2.05, 4.69) is 39.7 Å². The highest BCUT2D eigenvalue weighted by Crippen LogP contribution is 2.50. The number of hydrogen-bond acceptors (Lipinski definition) is 6. The molecule has 1 aliphatic heterocycles. The molecule has 0 saturated carbocycles. The molecule has 0 aromatic heterocycles. The van der Waals surface area contributed by atoms with E-state index in [1.807, 2.05) is 19.1 Å². The number of amides is 1. The van der Waals surface area contributed by atoms with Gasteiger partial charge >= 0.3 is 0 Å². The minimum absolute atomic E-state index is 0.104. The van der Waals surface area contributed by atoms with Crippen LogP contribution in [0.3, 0.4) is 0 Å². The molecule has 7 nitrogen and oxygen atoms in total. The Morgan fingerprint density at radius 1 is 0.951 bits per heavy atom. The molecule has 2 aromatic rings. The summed E-state index contributed by atoms with van der Waals surface area (Å²) in [6, 6.07) is 8.64. The second-order valence-corrected chi connectivity index (χ2v) is 12.2. The number of nitrogens with one attached hydrogen (secondary N) is 1. The van der Waals surface area contributed by atoms with Crippen LogP contribution in [0.2, 0.25) is 10.0 Å². The predicted molar refractivity (Wildman–Crippen MR) is 168 cm³/mol. The minimum Gasteiger partial charge on any atom is -0.490 e. The number of carbonyl (C=O) groups excluding carboxylic acids is 3. The van der Waals surface area contributed by atoms with Crippen molar-refractivity contribution < 1.29 is 23.9 Å². The average Bonchev–Trinajstić information content (AvgIpc) is 2.94. The van der Waals surface area contributed by atoms with Crippen LogP contribution in [0.15, 0.2) is 52.9 Å². The molecular formula is C31H31Cl2IN2O5. The Morgan fingerprint density at radius 2 is 1.61 bits per heavy atom. The van der Waals surface area contributed by atoms with Crippen LogP contribution in [0.4, 0.5) is 5.69 Å². The second kappa shape index (κ2) is 12.8. The summed E-state index contributed by atoms with van der Waals surface area (Å²) in [6.07, 6.45) is 4.23. The van der Waals surface area contributed by atoms with Crippen LogP contribution in [0.5, 0.6) is 11.5 Å². The summed E-state index contributed by atoms with van der Waals surface area (Å²) >= 11 is 14.2. The van der Waals surface area contributed by atoms with Crippen LogP contribution >= 0.6 is 45.8 Å². The summed E-state index contributed by atoms with van der Waals surface area (Å²) in [6.45, 7) is 4.79. The number of benzene rings is 2. The number of Topliss-reactive ketones (excluding diaryl/α,β-unsaturated/α-hetero) is 2.